The predicted molar refractivity (Wildman–Crippen MR) is 89.3 cm³/mol. The van der Waals surface area contributed by atoms with Crippen LogP contribution in [0.3, 0.4) is 0 Å². The van der Waals surface area contributed by atoms with E-state index in [0.29, 0.717) is 13.2 Å². The quantitative estimate of drug-likeness (QED) is 0.520. The highest BCUT2D eigenvalue weighted by Gasteiger charge is 2.09. The van der Waals surface area contributed by atoms with E-state index in [4.69, 9.17) is 9.84 Å². The second-order valence-electron chi connectivity index (χ2n) is 4.31. The summed E-state index contributed by atoms with van der Waals surface area (Å²) >= 11 is 7.04. The van der Waals surface area contributed by atoms with Gasteiger partial charge in [-0.1, -0.05) is 15.9 Å². The molecule has 0 saturated carbocycles. The Morgan fingerprint density at radius 1 is 1.15 bits per heavy atom. The van der Waals surface area contributed by atoms with Crippen LogP contribution in [0.2, 0.25) is 0 Å². The van der Waals surface area contributed by atoms with E-state index in [0.717, 1.165) is 46.3 Å². The third kappa shape index (κ3) is 6.54. The van der Waals surface area contributed by atoms with Gasteiger partial charge in [0.25, 0.3) is 0 Å². The first-order chi connectivity index (χ1) is 9.69. The summed E-state index contributed by atoms with van der Waals surface area (Å²) in [7, 11) is 0. The van der Waals surface area contributed by atoms with Gasteiger partial charge in [0, 0.05) is 23.1 Å². The van der Waals surface area contributed by atoms with Crippen LogP contribution in [0.1, 0.15) is 18.9 Å². The zero-order valence-electron chi connectivity index (χ0n) is 11.7. The molecule has 0 radical (unpaired) electrons. The minimum Gasteiger partial charge on any atom is -0.492 e. The van der Waals surface area contributed by atoms with Gasteiger partial charge in [-0.2, -0.15) is 0 Å². The number of hydrogen-bond acceptors (Lipinski definition) is 4. The fourth-order valence-corrected chi connectivity index (χ4v) is 3.24. The standard InChI is InChI=1S/C14H22Br2N2O2/c1-2-20-14-11(8-12(15)9-13(14)16)10-18-5-3-4-17-6-7-19/h8-9,17-19H,2-7,10H2,1H3. The maximum atomic E-state index is 8.65. The zero-order valence-corrected chi connectivity index (χ0v) is 14.9. The van der Waals surface area contributed by atoms with Gasteiger partial charge >= 0.3 is 0 Å². The van der Waals surface area contributed by atoms with Gasteiger partial charge in [0.15, 0.2) is 0 Å². The molecule has 0 bridgehead atoms. The number of ether oxygens (including phenoxy) is 1. The minimum atomic E-state index is 0.192. The van der Waals surface area contributed by atoms with Crippen LogP contribution in [-0.4, -0.2) is 38.0 Å². The van der Waals surface area contributed by atoms with Gasteiger partial charge in [-0.25, -0.2) is 0 Å². The van der Waals surface area contributed by atoms with Crippen molar-refractivity contribution in [3.05, 3.63) is 26.6 Å². The summed E-state index contributed by atoms with van der Waals surface area (Å²) in [6, 6.07) is 4.07. The minimum absolute atomic E-state index is 0.192. The Bertz CT molecular complexity index is 403. The molecule has 1 aromatic rings. The Kier molecular flexibility index (Phi) is 9.46. The highest BCUT2D eigenvalue weighted by atomic mass is 79.9. The van der Waals surface area contributed by atoms with Gasteiger partial charge in [-0.15, -0.1) is 0 Å². The van der Waals surface area contributed by atoms with Crippen molar-refractivity contribution in [2.24, 2.45) is 0 Å². The van der Waals surface area contributed by atoms with Crippen LogP contribution in [-0.2, 0) is 6.54 Å². The summed E-state index contributed by atoms with van der Waals surface area (Å²) < 4.78 is 7.69. The molecule has 3 N–H and O–H groups in total. The van der Waals surface area contributed by atoms with Crippen molar-refractivity contribution < 1.29 is 9.84 Å². The molecule has 6 heteroatoms. The van der Waals surface area contributed by atoms with Gasteiger partial charge in [0.1, 0.15) is 5.75 Å². The average Bonchev–Trinajstić information content (AvgIpc) is 2.41. The van der Waals surface area contributed by atoms with Crippen molar-refractivity contribution in [1.82, 2.24) is 10.6 Å². The number of benzene rings is 1. The highest BCUT2D eigenvalue weighted by Crippen LogP contribution is 2.32. The average molecular weight is 410 g/mol. The molecule has 0 fully saturated rings. The Morgan fingerprint density at radius 2 is 1.90 bits per heavy atom. The summed E-state index contributed by atoms with van der Waals surface area (Å²) in [6.07, 6.45) is 1.03. The number of rotatable bonds is 10. The molecule has 0 spiro atoms. The number of hydrogen-bond donors (Lipinski definition) is 3. The third-order valence-electron chi connectivity index (χ3n) is 2.69. The zero-order chi connectivity index (χ0) is 14.8. The van der Waals surface area contributed by atoms with Crippen LogP contribution in [0.25, 0.3) is 0 Å². The number of nitrogens with one attached hydrogen (secondary N) is 2. The molecule has 0 saturated heterocycles. The van der Waals surface area contributed by atoms with Crippen molar-refractivity contribution >= 4 is 31.9 Å². The summed E-state index contributed by atoms with van der Waals surface area (Å²) in [5.74, 6) is 0.904. The predicted octanol–water partition coefficient (Wildman–Crippen LogP) is 2.67. The largest absolute Gasteiger partial charge is 0.492 e. The molecule has 20 heavy (non-hydrogen) atoms. The topological polar surface area (TPSA) is 53.5 Å². The summed E-state index contributed by atoms with van der Waals surface area (Å²) in [6.45, 7) is 6.09. The molecular weight excluding hydrogens is 388 g/mol. The van der Waals surface area contributed by atoms with E-state index in [1.54, 1.807) is 0 Å². The van der Waals surface area contributed by atoms with E-state index < -0.39 is 0 Å². The van der Waals surface area contributed by atoms with E-state index in [2.05, 4.69) is 48.6 Å². The lowest BCUT2D eigenvalue weighted by atomic mass is 10.2. The van der Waals surface area contributed by atoms with Crippen LogP contribution in [0.5, 0.6) is 5.75 Å². The lowest BCUT2D eigenvalue weighted by Crippen LogP contribution is -2.24. The lowest BCUT2D eigenvalue weighted by molar-refractivity contribution is 0.292. The normalized spacial score (nSPS) is 10.8. The fourth-order valence-electron chi connectivity index (χ4n) is 1.82. The maximum Gasteiger partial charge on any atom is 0.138 e. The van der Waals surface area contributed by atoms with Crippen LogP contribution in [0.4, 0.5) is 0 Å². The van der Waals surface area contributed by atoms with Crippen molar-refractivity contribution in [3.63, 3.8) is 0 Å². The summed E-state index contributed by atoms with van der Waals surface area (Å²) in [4.78, 5) is 0. The fraction of sp³-hybridized carbons (Fsp3) is 0.571. The number of aliphatic hydroxyl groups is 1. The molecule has 0 unspecified atom stereocenters. The van der Waals surface area contributed by atoms with E-state index in [-0.39, 0.29) is 6.61 Å². The molecule has 0 aliphatic rings. The van der Waals surface area contributed by atoms with Crippen LogP contribution >= 0.6 is 31.9 Å². The monoisotopic (exact) mass is 408 g/mol. The molecule has 1 aromatic carbocycles. The number of aliphatic hydroxyl groups excluding tert-OH is 1. The highest BCUT2D eigenvalue weighted by molar-refractivity contribution is 9.11. The Labute approximate surface area is 137 Å². The second kappa shape index (κ2) is 10.6. The molecule has 4 nitrogen and oxygen atoms in total. The van der Waals surface area contributed by atoms with E-state index in [9.17, 15) is 0 Å². The lowest BCUT2D eigenvalue weighted by Gasteiger charge is -2.14. The van der Waals surface area contributed by atoms with Gasteiger partial charge in [0.2, 0.25) is 0 Å². The molecule has 0 atom stereocenters. The van der Waals surface area contributed by atoms with Crippen LogP contribution < -0.4 is 15.4 Å². The molecule has 1 rings (SSSR count). The smallest absolute Gasteiger partial charge is 0.138 e. The molecule has 0 aromatic heterocycles. The molecular formula is C14H22Br2N2O2. The van der Waals surface area contributed by atoms with Crippen LogP contribution in [0, 0.1) is 0 Å². The molecule has 0 amide bonds. The number of halogens is 2. The summed E-state index contributed by atoms with van der Waals surface area (Å²) in [5, 5.41) is 15.2. The molecule has 0 aliphatic heterocycles. The van der Waals surface area contributed by atoms with Crippen molar-refractivity contribution in [3.8, 4) is 5.75 Å². The van der Waals surface area contributed by atoms with Gasteiger partial charge < -0.3 is 20.5 Å². The Morgan fingerprint density at radius 3 is 2.60 bits per heavy atom. The van der Waals surface area contributed by atoms with Crippen LogP contribution in [0.15, 0.2) is 21.1 Å². The van der Waals surface area contributed by atoms with Crippen molar-refractivity contribution in [2.45, 2.75) is 19.9 Å². The Balaban J connectivity index is 2.42. The first-order valence-electron chi connectivity index (χ1n) is 6.82. The SMILES string of the molecule is CCOc1c(Br)cc(Br)cc1CNCCCNCCO. The second-order valence-corrected chi connectivity index (χ2v) is 6.08. The summed E-state index contributed by atoms with van der Waals surface area (Å²) in [5.41, 5.74) is 1.14. The van der Waals surface area contributed by atoms with E-state index in [1.807, 2.05) is 13.0 Å². The van der Waals surface area contributed by atoms with Crippen molar-refractivity contribution in [1.29, 1.82) is 0 Å². The molecule has 114 valence electrons. The third-order valence-corrected chi connectivity index (χ3v) is 3.73. The van der Waals surface area contributed by atoms with Crippen molar-refractivity contribution in [2.75, 3.05) is 32.8 Å². The first-order valence-corrected chi connectivity index (χ1v) is 8.40. The van der Waals surface area contributed by atoms with Gasteiger partial charge in [-0.3, -0.25) is 0 Å². The first kappa shape index (κ1) is 17.9. The molecule has 0 aliphatic carbocycles. The molecule has 0 heterocycles. The van der Waals surface area contributed by atoms with Gasteiger partial charge in [0.05, 0.1) is 17.7 Å². The van der Waals surface area contributed by atoms with E-state index in [1.165, 1.54) is 0 Å². The maximum absolute atomic E-state index is 8.65. The Hall–Kier alpha value is -0.140. The van der Waals surface area contributed by atoms with Gasteiger partial charge in [-0.05, 0) is 54.5 Å². The van der Waals surface area contributed by atoms with E-state index >= 15 is 0 Å².